The van der Waals surface area contributed by atoms with Gasteiger partial charge in [0, 0.05) is 23.9 Å². The summed E-state index contributed by atoms with van der Waals surface area (Å²) >= 11 is 1.51. The van der Waals surface area contributed by atoms with Crippen molar-refractivity contribution >= 4 is 17.2 Å². The van der Waals surface area contributed by atoms with E-state index in [1.165, 1.54) is 11.3 Å². The van der Waals surface area contributed by atoms with E-state index >= 15 is 0 Å². The van der Waals surface area contributed by atoms with Crippen molar-refractivity contribution in [2.75, 3.05) is 6.54 Å². The molecule has 1 aromatic carbocycles. The minimum atomic E-state index is -0.832. The molecule has 2 fully saturated rings. The normalized spacial score (nSPS) is 29.3. The molecule has 2 heterocycles. The van der Waals surface area contributed by atoms with Crippen LogP contribution in [-0.2, 0) is 5.60 Å². The van der Waals surface area contributed by atoms with Crippen LogP contribution in [0, 0.1) is 12.8 Å². The Morgan fingerprint density at radius 2 is 2.04 bits per heavy atom. The summed E-state index contributed by atoms with van der Waals surface area (Å²) in [4.78, 5) is 19.4. The number of hydrogen-bond donors (Lipinski definition) is 1. The van der Waals surface area contributed by atoms with Crippen molar-refractivity contribution in [3.05, 3.63) is 52.0 Å². The zero-order chi connectivity index (χ0) is 17.4. The molecule has 4 rings (SSSR count). The second-order valence-electron chi connectivity index (χ2n) is 7.25. The molecular weight excluding hydrogens is 332 g/mol. The van der Waals surface area contributed by atoms with Crippen LogP contribution < -0.4 is 0 Å². The highest BCUT2D eigenvalue weighted by Crippen LogP contribution is 2.47. The molecule has 132 valence electrons. The van der Waals surface area contributed by atoms with Crippen LogP contribution in [0.2, 0.25) is 0 Å². The smallest absolute Gasteiger partial charge is 0.273 e. The van der Waals surface area contributed by atoms with E-state index in [9.17, 15) is 9.90 Å². The third-order valence-corrected chi connectivity index (χ3v) is 6.62. The lowest BCUT2D eigenvalue weighted by Gasteiger charge is -2.52. The second kappa shape index (κ2) is 6.54. The van der Waals surface area contributed by atoms with Crippen molar-refractivity contribution in [3.63, 3.8) is 0 Å². The van der Waals surface area contributed by atoms with Gasteiger partial charge >= 0.3 is 0 Å². The van der Waals surface area contributed by atoms with Gasteiger partial charge in [-0.15, -0.1) is 11.3 Å². The SMILES string of the molecule is Cc1nc(C(=O)N2CC[C@](O)(c3ccccc3)[C@@H]3CCCC[C@H]32)cs1. The predicted octanol–water partition coefficient (Wildman–Crippen LogP) is 3.74. The minimum absolute atomic E-state index is 0.0244. The molecule has 1 saturated heterocycles. The second-order valence-corrected chi connectivity index (χ2v) is 8.31. The van der Waals surface area contributed by atoms with Gasteiger partial charge in [-0.2, -0.15) is 0 Å². The van der Waals surface area contributed by atoms with E-state index < -0.39 is 5.60 Å². The van der Waals surface area contributed by atoms with Crippen molar-refractivity contribution in [1.82, 2.24) is 9.88 Å². The number of hydrogen-bond acceptors (Lipinski definition) is 4. The van der Waals surface area contributed by atoms with Gasteiger partial charge in [0.1, 0.15) is 5.69 Å². The molecule has 1 saturated carbocycles. The highest BCUT2D eigenvalue weighted by atomic mass is 32.1. The van der Waals surface area contributed by atoms with E-state index in [2.05, 4.69) is 4.98 Å². The highest BCUT2D eigenvalue weighted by Gasteiger charge is 2.50. The number of nitrogens with zero attached hydrogens (tertiary/aromatic N) is 2. The van der Waals surface area contributed by atoms with Crippen molar-refractivity contribution < 1.29 is 9.90 Å². The first-order valence-electron chi connectivity index (χ1n) is 9.10. The topological polar surface area (TPSA) is 53.4 Å². The van der Waals surface area contributed by atoms with Crippen LogP contribution in [0.5, 0.6) is 0 Å². The number of likely N-dealkylation sites (tertiary alicyclic amines) is 1. The van der Waals surface area contributed by atoms with Crippen LogP contribution in [0.4, 0.5) is 0 Å². The van der Waals surface area contributed by atoms with Gasteiger partial charge in [-0.3, -0.25) is 4.79 Å². The fourth-order valence-corrected chi connectivity index (χ4v) is 5.22. The molecule has 4 nitrogen and oxygen atoms in total. The Bertz CT molecular complexity index is 760. The lowest BCUT2D eigenvalue weighted by atomic mass is 9.66. The summed E-state index contributed by atoms with van der Waals surface area (Å²) in [5.74, 6) is 0.123. The number of aliphatic hydroxyl groups is 1. The van der Waals surface area contributed by atoms with E-state index in [4.69, 9.17) is 0 Å². The standard InChI is InChI=1S/C20H24N2O2S/c1-14-21-17(13-25-14)19(23)22-12-11-20(24,15-7-3-2-4-8-15)16-9-5-6-10-18(16)22/h2-4,7-8,13,16,18,24H,5-6,9-12H2,1H3/t16-,18-,20+/m1/s1. The zero-order valence-electron chi connectivity index (χ0n) is 14.5. The number of aromatic nitrogens is 1. The van der Waals surface area contributed by atoms with Gasteiger partial charge in [0.15, 0.2) is 0 Å². The van der Waals surface area contributed by atoms with Gasteiger partial charge in [-0.25, -0.2) is 4.98 Å². The van der Waals surface area contributed by atoms with Crippen LogP contribution in [0.25, 0.3) is 0 Å². The quantitative estimate of drug-likeness (QED) is 0.892. The largest absolute Gasteiger partial charge is 0.385 e. The summed E-state index contributed by atoms with van der Waals surface area (Å²) in [6, 6.07) is 10.1. The average Bonchev–Trinajstić information content (AvgIpc) is 3.09. The van der Waals surface area contributed by atoms with E-state index in [0.717, 1.165) is 36.3 Å². The summed E-state index contributed by atoms with van der Waals surface area (Å²) in [6.07, 6.45) is 4.76. The van der Waals surface area contributed by atoms with E-state index in [1.807, 2.05) is 47.5 Å². The summed E-state index contributed by atoms with van der Waals surface area (Å²) in [5, 5.41) is 14.3. The maximum absolute atomic E-state index is 13.0. The Labute approximate surface area is 152 Å². The van der Waals surface area contributed by atoms with E-state index in [1.54, 1.807) is 0 Å². The Morgan fingerprint density at radius 3 is 2.76 bits per heavy atom. The number of rotatable bonds is 2. The van der Waals surface area contributed by atoms with Crippen LogP contribution in [0.3, 0.4) is 0 Å². The van der Waals surface area contributed by atoms with Crippen LogP contribution in [0.1, 0.15) is 53.2 Å². The lowest BCUT2D eigenvalue weighted by molar-refractivity contribution is -0.110. The number of carbonyl (C=O) groups excluding carboxylic acids is 1. The van der Waals surface area contributed by atoms with Gasteiger partial charge in [0.25, 0.3) is 5.91 Å². The van der Waals surface area contributed by atoms with Crippen molar-refractivity contribution in [1.29, 1.82) is 0 Å². The third kappa shape index (κ3) is 2.89. The van der Waals surface area contributed by atoms with Gasteiger partial charge < -0.3 is 10.0 Å². The van der Waals surface area contributed by atoms with Gasteiger partial charge in [0.05, 0.1) is 10.6 Å². The summed E-state index contributed by atoms with van der Waals surface area (Å²) in [7, 11) is 0. The lowest BCUT2D eigenvalue weighted by Crippen LogP contribution is -2.59. The molecule has 3 atom stereocenters. The molecule has 0 spiro atoms. The van der Waals surface area contributed by atoms with Gasteiger partial charge in [-0.1, -0.05) is 43.2 Å². The third-order valence-electron chi connectivity index (χ3n) is 5.85. The summed E-state index contributed by atoms with van der Waals surface area (Å²) in [5.41, 5.74) is 0.710. The van der Waals surface area contributed by atoms with E-state index in [-0.39, 0.29) is 17.9 Å². The van der Waals surface area contributed by atoms with Crippen molar-refractivity contribution in [2.24, 2.45) is 5.92 Å². The molecule has 2 aromatic rings. The molecule has 5 heteroatoms. The molecule has 1 aromatic heterocycles. The predicted molar refractivity (Wildman–Crippen MR) is 98.6 cm³/mol. The minimum Gasteiger partial charge on any atom is -0.385 e. The van der Waals surface area contributed by atoms with Crippen molar-refractivity contribution in [2.45, 2.75) is 50.7 Å². The Balaban J connectivity index is 1.65. The number of thiazole rings is 1. The molecule has 1 aliphatic heterocycles. The Morgan fingerprint density at radius 1 is 1.28 bits per heavy atom. The molecule has 0 radical (unpaired) electrons. The molecule has 1 amide bonds. The Kier molecular flexibility index (Phi) is 4.38. The number of carbonyl (C=O) groups is 1. The maximum atomic E-state index is 13.0. The van der Waals surface area contributed by atoms with Crippen molar-refractivity contribution in [3.8, 4) is 0 Å². The first-order valence-corrected chi connectivity index (χ1v) is 9.98. The molecular formula is C20H24N2O2S. The number of benzene rings is 1. The number of amides is 1. The Hall–Kier alpha value is -1.72. The van der Waals surface area contributed by atoms with Crippen LogP contribution >= 0.6 is 11.3 Å². The van der Waals surface area contributed by atoms with Crippen LogP contribution in [0.15, 0.2) is 35.7 Å². The molecule has 2 aliphatic rings. The summed E-state index contributed by atoms with van der Waals surface area (Å²) < 4.78 is 0. The highest BCUT2D eigenvalue weighted by molar-refractivity contribution is 7.09. The summed E-state index contributed by atoms with van der Waals surface area (Å²) in [6.45, 7) is 2.51. The first kappa shape index (κ1) is 16.7. The average molecular weight is 356 g/mol. The number of aryl methyl sites for hydroxylation is 1. The van der Waals surface area contributed by atoms with Gasteiger partial charge in [0.2, 0.25) is 0 Å². The molecule has 1 aliphatic carbocycles. The number of piperidine rings is 1. The number of fused-ring (bicyclic) bond motifs is 1. The van der Waals surface area contributed by atoms with Gasteiger partial charge in [-0.05, 0) is 31.7 Å². The molecule has 0 unspecified atom stereocenters. The van der Waals surface area contributed by atoms with Crippen LogP contribution in [-0.4, -0.2) is 33.5 Å². The van der Waals surface area contributed by atoms with E-state index in [0.29, 0.717) is 18.7 Å². The molecule has 25 heavy (non-hydrogen) atoms. The molecule has 1 N–H and O–H groups in total. The fraction of sp³-hybridized carbons (Fsp3) is 0.500. The zero-order valence-corrected chi connectivity index (χ0v) is 15.3. The molecule has 0 bridgehead atoms. The maximum Gasteiger partial charge on any atom is 0.273 e. The fourth-order valence-electron chi connectivity index (χ4n) is 4.63. The monoisotopic (exact) mass is 356 g/mol. The first-order chi connectivity index (χ1) is 12.1.